The molecule has 40 heavy (non-hydrogen) atoms. The smallest absolute Gasteiger partial charge is 0.135 e. The summed E-state index contributed by atoms with van der Waals surface area (Å²) in [7, 11) is 0. The van der Waals surface area contributed by atoms with Crippen molar-refractivity contribution in [3.05, 3.63) is 133 Å². The van der Waals surface area contributed by atoms with Gasteiger partial charge in [0.05, 0.1) is 16.6 Å². The second-order valence-electron chi connectivity index (χ2n) is 11.2. The maximum absolute atomic E-state index is 6.42. The highest BCUT2D eigenvalue weighted by Gasteiger charge is 2.33. The van der Waals surface area contributed by atoms with Crippen LogP contribution in [0, 0.1) is 0 Å². The highest BCUT2D eigenvalue weighted by atomic mass is 16.3. The van der Waals surface area contributed by atoms with Gasteiger partial charge in [0.25, 0.3) is 0 Å². The number of hydrogen-bond donors (Lipinski definition) is 0. The Morgan fingerprint density at radius 2 is 1.12 bits per heavy atom. The van der Waals surface area contributed by atoms with Gasteiger partial charge in [-0.3, -0.25) is 0 Å². The van der Waals surface area contributed by atoms with Gasteiger partial charge in [0.2, 0.25) is 0 Å². The van der Waals surface area contributed by atoms with Gasteiger partial charge in [0.1, 0.15) is 11.3 Å². The van der Waals surface area contributed by atoms with Crippen LogP contribution in [0.2, 0.25) is 0 Å². The number of benzene rings is 5. The first-order valence-corrected chi connectivity index (χ1v) is 13.9. The highest BCUT2D eigenvalue weighted by Crippen LogP contribution is 2.43. The molecule has 190 valence electrons. The Hall–Kier alpha value is -5.02. The number of allylic oxidation sites excluding steroid dienone is 1. The van der Waals surface area contributed by atoms with Crippen LogP contribution in [0.5, 0.6) is 0 Å². The lowest BCUT2D eigenvalue weighted by molar-refractivity contribution is 0.425. The molecule has 1 aliphatic carbocycles. The van der Waals surface area contributed by atoms with Crippen LogP contribution in [0.15, 0.2) is 126 Å². The molecule has 0 bridgehead atoms. The molecule has 0 amide bonds. The van der Waals surface area contributed by atoms with E-state index in [0.717, 1.165) is 23.5 Å². The number of fused-ring (bicyclic) bond motifs is 9. The van der Waals surface area contributed by atoms with Gasteiger partial charge in [0, 0.05) is 55.6 Å². The van der Waals surface area contributed by atoms with E-state index >= 15 is 0 Å². The molecule has 5 aromatic carbocycles. The van der Waals surface area contributed by atoms with E-state index in [1.807, 2.05) is 0 Å². The van der Waals surface area contributed by atoms with E-state index < -0.39 is 0 Å². The van der Waals surface area contributed by atoms with Gasteiger partial charge < -0.3 is 13.6 Å². The zero-order chi connectivity index (χ0) is 26.4. The maximum Gasteiger partial charge on any atom is 0.135 e. The van der Waals surface area contributed by atoms with E-state index in [0.29, 0.717) is 0 Å². The largest absolute Gasteiger partial charge is 0.456 e. The molecule has 1 atom stereocenters. The predicted molar refractivity (Wildman–Crippen MR) is 166 cm³/mol. The van der Waals surface area contributed by atoms with Crippen LogP contribution in [0.25, 0.3) is 66.3 Å². The second-order valence-corrected chi connectivity index (χ2v) is 11.2. The zero-order valence-corrected chi connectivity index (χ0v) is 22.1. The Labute approximate surface area is 231 Å². The van der Waals surface area contributed by atoms with Crippen molar-refractivity contribution in [3.8, 4) is 5.69 Å². The quantitative estimate of drug-likeness (QED) is 0.225. The maximum atomic E-state index is 6.42. The van der Waals surface area contributed by atoms with Crippen molar-refractivity contribution < 1.29 is 4.42 Å². The van der Waals surface area contributed by atoms with Crippen molar-refractivity contribution >= 4 is 60.7 Å². The Bertz CT molecular complexity index is 2220. The summed E-state index contributed by atoms with van der Waals surface area (Å²) in [6.45, 7) is 2.35. The first kappa shape index (κ1) is 21.9. The lowest BCUT2D eigenvalue weighted by atomic mass is 9.86. The van der Waals surface area contributed by atoms with Crippen molar-refractivity contribution in [1.82, 2.24) is 9.13 Å². The fraction of sp³-hybridized carbons (Fsp3) is 0.0811. The lowest BCUT2D eigenvalue weighted by Crippen LogP contribution is -2.32. The summed E-state index contributed by atoms with van der Waals surface area (Å²) in [6.07, 6.45) is 5.36. The van der Waals surface area contributed by atoms with Gasteiger partial charge in [-0.2, -0.15) is 0 Å². The van der Waals surface area contributed by atoms with Crippen LogP contribution in [0.3, 0.4) is 0 Å². The molecule has 1 unspecified atom stereocenters. The number of hydrogen-bond acceptors (Lipinski definition) is 1. The third-order valence-corrected chi connectivity index (χ3v) is 8.86. The summed E-state index contributed by atoms with van der Waals surface area (Å²) in [5.74, 6) is 0.965. The zero-order valence-electron chi connectivity index (χ0n) is 22.1. The summed E-state index contributed by atoms with van der Waals surface area (Å²) in [5, 5.41) is 6.32. The molecular weight excluding hydrogens is 488 g/mol. The minimum atomic E-state index is -0.241. The Kier molecular flexibility index (Phi) is 4.25. The molecule has 0 spiro atoms. The Balaban J connectivity index is 1.26. The average Bonchev–Trinajstić information content (AvgIpc) is 3.64. The molecule has 9 rings (SSSR count). The first-order chi connectivity index (χ1) is 19.7. The van der Waals surface area contributed by atoms with Gasteiger partial charge in [-0.1, -0.05) is 78.9 Å². The summed E-state index contributed by atoms with van der Waals surface area (Å²) < 4.78 is 11.3. The van der Waals surface area contributed by atoms with Crippen molar-refractivity contribution in [3.63, 3.8) is 0 Å². The third kappa shape index (κ3) is 2.84. The summed E-state index contributed by atoms with van der Waals surface area (Å²) in [5.41, 5.74) is 8.08. The number of furan rings is 1. The molecule has 3 aromatic heterocycles. The van der Waals surface area contributed by atoms with Gasteiger partial charge in [-0.05, 0) is 55.5 Å². The van der Waals surface area contributed by atoms with Crippen molar-refractivity contribution in [2.45, 2.75) is 18.9 Å². The van der Waals surface area contributed by atoms with E-state index in [2.05, 4.69) is 143 Å². The predicted octanol–water partition coefficient (Wildman–Crippen LogP) is 9.62. The van der Waals surface area contributed by atoms with E-state index in [1.54, 1.807) is 0 Å². The molecule has 0 fully saturated rings. The van der Waals surface area contributed by atoms with Crippen LogP contribution in [-0.4, -0.2) is 9.13 Å². The van der Waals surface area contributed by atoms with E-state index in [9.17, 15) is 0 Å². The minimum Gasteiger partial charge on any atom is -0.456 e. The van der Waals surface area contributed by atoms with Gasteiger partial charge in [-0.25, -0.2) is 0 Å². The molecule has 0 saturated carbocycles. The number of rotatable bonds is 2. The normalized spacial score (nSPS) is 17.0. The van der Waals surface area contributed by atoms with Crippen LogP contribution < -0.4 is 0 Å². The Morgan fingerprint density at radius 3 is 1.73 bits per heavy atom. The topological polar surface area (TPSA) is 23.0 Å². The average molecular weight is 515 g/mol. The molecule has 0 N–H and O–H groups in total. The van der Waals surface area contributed by atoms with Crippen LogP contribution >= 0.6 is 0 Å². The van der Waals surface area contributed by atoms with E-state index in [-0.39, 0.29) is 5.54 Å². The van der Waals surface area contributed by atoms with E-state index in [1.165, 1.54) is 54.6 Å². The first-order valence-electron chi connectivity index (χ1n) is 13.9. The van der Waals surface area contributed by atoms with Gasteiger partial charge in [-0.15, -0.1) is 0 Å². The molecule has 3 nitrogen and oxygen atoms in total. The Morgan fingerprint density at radius 1 is 0.600 bits per heavy atom. The third-order valence-electron chi connectivity index (χ3n) is 8.86. The van der Waals surface area contributed by atoms with Crippen molar-refractivity contribution in [2.24, 2.45) is 0 Å². The monoisotopic (exact) mass is 514 g/mol. The molecule has 1 aliphatic rings. The fourth-order valence-corrected chi connectivity index (χ4v) is 7.11. The highest BCUT2D eigenvalue weighted by molar-refractivity contribution is 6.10. The fourth-order valence-electron chi connectivity index (χ4n) is 7.11. The summed E-state index contributed by atoms with van der Waals surface area (Å²) in [4.78, 5) is 0. The molecule has 3 heteroatoms. The molecule has 0 radical (unpaired) electrons. The SMILES string of the molecule is CC1(n2c3ccccc3c3ccccc32)C=Cc2oc3ccc(-n4c5ccccc5c5ccccc54)cc3c2C1. The van der Waals surface area contributed by atoms with Crippen LogP contribution in [0.1, 0.15) is 18.2 Å². The standard InChI is InChI=1S/C37H26N2O/c1-37(39-33-16-8-4-12-27(33)28-13-5-9-17-34(28)39)21-20-36-30(23-37)29-22-24(18-19-35(29)40-36)38-31-14-6-2-10-25(31)26-11-3-7-15-32(26)38/h2-22H,23H2,1H3. The number of aromatic nitrogens is 2. The molecule has 8 aromatic rings. The van der Waals surface area contributed by atoms with E-state index in [4.69, 9.17) is 4.42 Å². The second kappa shape index (κ2) is 7.77. The number of nitrogens with zero attached hydrogens (tertiary/aromatic N) is 2. The van der Waals surface area contributed by atoms with Crippen molar-refractivity contribution in [2.75, 3.05) is 0 Å². The van der Waals surface area contributed by atoms with Crippen LogP contribution in [0.4, 0.5) is 0 Å². The van der Waals surface area contributed by atoms with Gasteiger partial charge in [0.15, 0.2) is 0 Å². The summed E-state index contributed by atoms with van der Waals surface area (Å²) >= 11 is 0. The van der Waals surface area contributed by atoms with Crippen molar-refractivity contribution in [1.29, 1.82) is 0 Å². The summed E-state index contributed by atoms with van der Waals surface area (Å²) in [6, 6.07) is 41.5. The molecule has 0 aliphatic heterocycles. The molecule has 0 saturated heterocycles. The number of para-hydroxylation sites is 4. The molecule has 3 heterocycles. The lowest BCUT2D eigenvalue weighted by Gasteiger charge is -2.32. The van der Waals surface area contributed by atoms with Crippen LogP contribution in [-0.2, 0) is 12.0 Å². The minimum absolute atomic E-state index is 0.241. The molecular formula is C37H26N2O. The van der Waals surface area contributed by atoms with Gasteiger partial charge >= 0.3 is 0 Å².